The molecule has 1 N–H and O–H groups in total. The molecule has 2 aromatic rings. The van der Waals surface area contributed by atoms with Crippen LogP contribution in [0.5, 0.6) is 5.88 Å². The number of hydrogen-bond acceptors (Lipinski definition) is 4. The summed E-state index contributed by atoms with van der Waals surface area (Å²) in [5, 5.41) is 9.12. The maximum absolute atomic E-state index is 9.12. The number of aromatic nitrogens is 2. The molecule has 19 heavy (non-hydrogen) atoms. The van der Waals surface area contributed by atoms with Gasteiger partial charge in [-0.15, -0.1) is 0 Å². The van der Waals surface area contributed by atoms with Crippen LogP contribution in [0, 0.1) is 6.92 Å². The zero-order valence-electron chi connectivity index (χ0n) is 11.0. The van der Waals surface area contributed by atoms with E-state index < -0.39 is 0 Å². The van der Waals surface area contributed by atoms with E-state index in [2.05, 4.69) is 9.97 Å². The maximum atomic E-state index is 9.12. The van der Waals surface area contributed by atoms with E-state index in [4.69, 9.17) is 9.84 Å². The monoisotopic (exact) mass is 258 g/mol. The molecular weight excluding hydrogens is 240 g/mol. The van der Waals surface area contributed by atoms with Crippen molar-refractivity contribution in [3.05, 3.63) is 53.5 Å². The summed E-state index contributed by atoms with van der Waals surface area (Å²) in [4.78, 5) is 8.27. The van der Waals surface area contributed by atoms with E-state index >= 15 is 0 Å². The first-order chi connectivity index (χ1) is 9.28. The highest BCUT2D eigenvalue weighted by Gasteiger charge is 2.01. The third kappa shape index (κ3) is 4.34. The highest BCUT2D eigenvalue weighted by molar-refractivity contribution is 5.24. The van der Waals surface area contributed by atoms with Gasteiger partial charge in [0.15, 0.2) is 0 Å². The Labute approximate surface area is 113 Å². The quantitative estimate of drug-likeness (QED) is 0.808. The van der Waals surface area contributed by atoms with Gasteiger partial charge in [-0.05, 0) is 49.1 Å². The summed E-state index contributed by atoms with van der Waals surface area (Å²) < 4.78 is 5.61. The van der Waals surface area contributed by atoms with Crippen molar-refractivity contribution >= 4 is 0 Å². The van der Waals surface area contributed by atoms with Crippen molar-refractivity contribution in [3.63, 3.8) is 0 Å². The number of ether oxygens (including phenoxy) is 1. The van der Waals surface area contributed by atoms with Gasteiger partial charge in [-0.3, -0.25) is 4.98 Å². The van der Waals surface area contributed by atoms with Crippen molar-refractivity contribution in [2.45, 2.75) is 26.4 Å². The minimum absolute atomic E-state index is 0.0107. The molecule has 0 saturated carbocycles. The lowest BCUT2D eigenvalue weighted by Crippen LogP contribution is -2.02. The van der Waals surface area contributed by atoms with E-state index in [9.17, 15) is 0 Å². The standard InChI is InChI=1S/C15H18N2O2/c1-12-9-14(11-18)10-15(17-12)19-8-2-3-13-4-6-16-7-5-13/h4-7,9-10,18H,2-3,8,11H2,1H3. The van der Waals surface area contributed by atoms with Crippen molar-refractivity contribution in [2.75, 3.05) is 6.61 Å². The number of aliphatic hydroxyl groups excluding tert-OH is 1. The van der Waals surface area contributed by atoms with Crippen molar-refractivity contribution in [2.24, 2.45) is 0 Å². The largest absolute Gasteiger partial charge is 0.478 e. The molecule has 0 aliphatic heterocycles. The van der Waals surface area contributed by atoms with Gasteiger partial charge in [-0.25, -0.2) is 4.98 Å². The molecule has 0 radical (unpaired) electrons. The van der Waals surface area contributed by atoms with Crippen LogP contribution in [0.25, 0.3) is 0 Å². The number of aliphatic hydroxyl groups is 1. The molecule has 2 aromatic heterocycles. The van der Waals surface area contributed by atoms with Crippen LogP contribution in [-0.4, -0.2) is 21.7 Å². The number of rotatable bonds is 6. The van der Waals surface area contributed by atoms with Gasteiger partial charge in [-0.1, -0.05) is 0 Å². The smallest absolute Gasteiger partial charge is 0.213 e. The van der Waals surface area contributed by atoms with E-state index in [1.165, 1.54) is 5.56 Å². The van der Waals surface area contributed by atoms with Crippen molar-refractivity contribution in [1.29, 1.82) is 0 Å². The normalized spacial score (nSPS) is 10.4. The summed E-state index contributed by atoms with van der Waals surface area (Å²) >= 11 is 0. The van der Waals surface area contributed by atoms with Gasteiger partial charge in [0.25, 0.3) is 0 Å². The summed E-state index contributed by atoms with van der Waals surface area (Å²) in [6.07, 6.45) is 5.48. The second-order valence-corrected chi connectivity index (χ2v) is 4.42. The molecule has 0 aromatic carbocycles. The predicted octanol–water partition coefficient (Wildman–Crippen LogP) is 2.29. The Morgan fingerprint density at radius 1 is 1.16 bits per heavy atom. The van der Waals surface area contributed by atoms with E-state index in [1.54, 1.807) is 18.5 Å². The van der Waals surface area contributed by atoms with Gasteiger partial charge < -0.3 is 9.84 Å². The SMILES string of the molecule is Cc1cc(CO)cc(OCCCc2ccncc2)n1. The second-order valence-electron chi connectivity index (χ2n) is 4.42. The van der Waals surface area contributed by atoms with Gasteiger partial charge in [0, 0.05) is 24.2 Å². The van der Waals surface area contributed by atoms with Gasteiger partial charge in [0.1, 0.15) is 0 Å². The summed E-state index contributed by atoms with van der Waals surface area (Å²) in [7, 11) is 0. The van der Waals surface area contributed by atoms with Gasteiger partial charge in [0.2, 0.25) is 5.88 Å². The number of hydrogen-bond donors (Lipinski definition) is 1. The molecule has 0 aliphatic carbocycles. The molecule has 0 amide bonds. The highest BCUT2D eigenvalue weighted by Crippen LogP contribution is 2.13. The van der Waals surface area contributed by atoms with Crippen LogP contribution >= 0.6 is 0 Å². The summed E-state index contributed by atoms with van der Waals surface area (Å²) in [5.41, 5.74) is 2.94. The van der Waals surface area contributed by atoms with Crippen LogP contribution in [0.15, 0.2) is 36.7 Å². The molecule has 0 saturated heterocycles. The van der Waals surface area contributed by atoms with Gasteiger partial charge >= 0.3 is 0 Å². The number of nitrogens with zero attached hydrogens (tertiary/aromatic N) is 2. The molecule has 2 heterocycles. The fourth-order valence-electron chi connectivity index (χ4n) is 1.87. The van der Waals surface area contributed by atoms with Crippen LogP contribution in [0.3, 0.4) is 0 Å². The molecule has 0 aliphatic rings. The minimum atomic E-state index is 0.0107. The first-order valence-electron chi connectivity index (χ1n) is 6.38. The lowest BCUT2D eigenvalue weighted by Gasteiger charge is -2.07. The average Bonchev–Trinajstić information content (AvgIpc) is 2.44. The molecule has 100 valence electrons. The fourth-order valence-corrected chi connectivity index (χ4v) is 1.87. The van der Waals surface area contributed by atoms with E-state index in [0.717, 1.165) is 24.1 Å². The third-order valence-corrected chi connectivity index (χ3v) is 2.78. The Hall–Kier alpha value is -1.94. The molecule has 4 heteroatoms. The van der Waals surface area contributed by atoms with Crippen LogP contribution in [0.2, 0.25) is 0 Å². The van der Waals surface area contributed by atoms with Crippen LogP contribution in [0.4, 0.5) is 0 Å². The number of aryl methyl sites for hydroxylation is 2. The molecule has 4 nitrogen and oxygen atoms in total. The van der Waals surface area contributed by atoms with Crippen molar-refractivity contribution in [1.82, 2.24) is 9.97 Å². The van der Waals surface area contributed by atoms with E-state index in [1.807, 2.05) is 25.1 Å². The molecule has 0 fully saturated rings. The van der Waals surface area contributed by atoms with Crippen molar-refractivity contribution in [3.8, 4) is 5.88 Å². The second kappa shape index (κ2) is 6.85. The first kappa shape index (κ1) is 13.5. The fraction of sp³-hybridized carbons (Fsp3) is 0.333. The molecule has 2 rings (SSSR count). The summed E-state index contributed by atoms with van der Waals surface area (Å²) in [6.45, 7) is 2.52. The van der Waals surface area contributed by atoms with E-state index in [0.29, 0.717) is 12.5 Å². The van der Waals surface area contributed by atoms with Crippen LogP contribution < -0.4 is 4.74 Å². The molecule has 0 spiro atoms. The Balaban J connectivity index is 1.81. The Kier molecular flexibility index (Phi) is 4.86. The van der Waals surface area contributed by atoms with Crippen molar-refractivity contribution < 1.29 is 9.84 Å². The summed E-state index contributed by atoms with van der Waals surface area (Å²) in [5.74, 6) is 0.582. The average molecular weight is 258 g/mol. The van der Waals surface area contributed by atoms with Crippen LogP contribution in [0.1, 0.15) is 23.2 Å². The topological polar surface area (TPSA) is 55.2 Å². The van der Waals surface area contributed by atoms with Gasteiger partial charge in [-0.2, -0.15) is 0 Å². The molecule has 0 unspecified atom stereocenters. The first-order valence-corrected chi connectivity index (χ1v) is 6.38. The lowest BCUT2D eigenvalue weighted by molar-refractivity contribution is 0.276. The molecule has 0 bridgehead atoms. The lowest BCUT2D eigenvalue weighted by atomic mass is 10.1. The number of pyridine rings is 2. The van der Waals surface area contributed by atoms with Crippen LogP contribution in [-0.2, 0) is 13.0 Å². The maximum Gasteiger partial charge on any atom is 0.213 e. The van der Waals surface area contributed by atoms with Gasteiger partial charge in [0.05, 0.1) is 13.2 Å². The third-order valence-electron chi connectivity index (χ3n) is 2.78. The Morgan fingerprint density at radius 3 is 2.68 bits per heavy atom. The Morgan fingerprint density at radius 2 is 1.95 bits per heavy atom. The van der Waals surface area contributed by atoms with E-state index in [-0.39, 0.29) is 6.61 Å². The molecular formula is C15H18N2O2. The molecule has 0 atom stereocenters. The predicted molar refractivity (Wildman–Crippen MR) is 72.9 cm³/mol. The highest BCUT2D eigenvalue weighted by atomic mass is 16.5. The zero-order chi connectivity index (χ0) is 13.5. The minimum Gasteiger partial charge on any atom is -0.478 e. The Bertz CT molecular complexity index is 515. The summed E-state index contributed by atoms with van der Waals surface area (Å²) in [6, 6.07) is 7.65. The zero-order valence-corrected chi connectivity index (χ0v) is 11.0.